The number of carboxylic acid groups (broad SMARTS) is 1. The lowest BCUT2D eigenvalue weighted by Crippen LogP contribution is -2.17. The predicted octanol–water partition coefficient (Wildman–Crippen LogP) is 4.29. The van der Waals surface area contributed by atoms with Crippen LogP contribution in [0, 0.1) is 5.92 Å². The molecule has 0 fully saturated rings. The molecule has 2 rings (SSSR count). The molecule has 0 radical (unpaired) electrons. The number of aryl methyl sites for hydroxylation is 1. The van der Waals surface area contributed by atoms with E-state index in [9.17, 15) is 9.90 Å². The first-order chi connectivity index (χ1) is 10.0. The molecule has 0 spiro atoms. The number of nitrogens with zero attached hydrogens (tertiary/aromatic N) is 2. The van der Waals surface area contributed by atoms with Crippen LogP contribution < -0.4 is 0 Å². The molecular weight excluding hydrogens is 264 g/mol. The minimum Gasteiger partial charge on any atom is -0.478 e. The van der Waals surface area contributed by atoms with Gasteiger partial charge in [0.25, 0.3) is 0 Å². The molecule has 2 aromatic rings. The lowest BCUT2D eigenvalue weighted by Gasteiger charge is -2.24. The van der Waals surface area contributed by atoms with Crippen LogP contribution in [0.5, 0.6) is 0 Å². The van der Waals surface area contributed by atoms with Gasteiger partial charge in [0.2, 0.25) is 0 Å². The van der Waals surface area contributed by atoms with Gasteiger partial charge in [0.05, 0.1) is 11.1 Å². The number of rotatable bonds is 6. The van der Waals surface area contributed by atoms with Crippen molar-refractivity contribution in [2.24, 2.45) is 5.92 Å². The van der Waals surface area contributed by atoms with Crippen LogP contribution >= 0.6 is 0 Å². The van der Waals surface area contributed by atoms with Gasteiger partial charge < -0.3 is 9.67 Å². The fourth-order valence-electron chi connectivity index (χ4n) is 3.06. The van der Waals surface area contributed by atoms with E-state index < -0.39 is 5.97 Å². The number of hydrogen-bond donors (Lipinski definition) is 1. The molecule has 0 aliphatic carbocycles. The number of carboxylic acids is 1. The molecule has 1 aromatic carbocycles. The zero-order valence-corrected chi connectivity index (χ0v) is 13.3. The van der Waals surface area contributed by atoms with E-state index >= 15 is 0 Å². The van der Waals surface area contributed by atoms with E-state index in [0.717, 1.165) is 30.6 Å². The van der Waals surface area contributed by atoms with Gasteiger partial charge in [-0.2, -0.15) is 0 Å². The van der Waals surface area contributed by atoms with E-state index in [1.54, 1.807) is 6.07 Å². The van der Waals surface area contributed by atoms with Crippen molar-refractivity contribution in [1.29, 1.82) is 0 Å². The van der Waals surface area contributed by atoms with Gasteiger partial charge in [-0.15, -0.1) is 0 Å². The molecule has 0 aliphatic heterocycles. The third-order valence-electron chi connectivity index (χ3n) is 4.02. The third-order valence-corrected chi connectivity index (χ3v) is 4.02. The zero-order valence-electron chi connectivity index (χ0n) is 13.3. The molecule has 1 unspecified atom stereocenters. The van der Waals surface area contributed by atoms with Crippen LogP contribution in [0.4, 0.5) is 0 Å². The topological polar surface area (TPSA) is 55.1 Å². The molecule has 0 bridgehead atoms. The Kier molecular flexibility index (Phi) is 4.66. The quantitative estimate of drug-likeness (QED) is 0.862. The summed E-state index contributed by atoms with van der Waals surface area (Å²) >= 11 is 0. The average molecular weight is 288 g/mol. The molecule has 0 aliphatic rings. The zero-order chi connectivity index (χ0) is 15.6. The molecule has 1 atom stereocenters. The number of hydrogen-bond acceptors (Lipinski definition) is 2. The summed E-state index contributed by atoms with van der Waals surface area (Å²) in [5, 5.41) is 9.37. The molecule has 1 heterocycles. The number of aromatic nitrogens is 2. The maximum absolute atomic E-state index is 11.4. The van der Waals surface area contributed by atoms with Gasteiger partial charge in [0.1, 0.15) is 11.3 Å². The minimum atomic E-state index is -0.911. The predicted molar refractivity (Wildman–Crippen MR) is 84.9 cm³/mol. The Bertz CT molecular complexity index is 644. The van der Waals surface area contributed by atoms with E-state index in [2.05, 4.69) is 37.2 Å². The van der Waals surface area contributed by atoms with Crippen molar-refractivity contribution < 1.29 is 9.90 Å². The Hall–Kier alpha value is -1.84. The van der Waals surface area contributed by atoms with Gasteiger partial charge in [-0.05, 0) is 30.9 Å². The largest absolute Gasteiger partial charge is 0.478 e. The Morgan fingerprint density at radius 2 is 2.05 bits per heavy atom. The lowest BCUT2D eigenvalue weighted by atomic mass is 10.0. The molecule has 1 N–H and O–H groups in total. The van der Waals surface area contributed by atoms with Crippen molar-refractivity contribution in [3.05, 3.63) is 29.6 Å². The van der Waals surface area contributed by atoms with Gasteiger partial charge >= 0.3 is 5.97 Å². The van der Waals surface area contributed by atoms with Crippen molar-refractivity contribution in [2.45, 2.75) is 53.0 Å². The van der Waals surface area contributed by atoms with Crippen LogP contribution in [-0.2, 0) is 6.42 Å². The third kappa shape index (κ3) is 2.80. The van der Waals surface area contributed by atoms with Gasteiger partial charge in [-0.25, -0.2) is 9.78 Å². The molecular formula is C17H24N2O2. The van der Waals surface area contributed by atoms with Gasteiger partial charge in [-0.1, -0.05) is 33.8 Å². The normalized spacial score (nSPS) is 13.0. The van der Waals surface area contributed by atoms with Crippen LogP contribution in [0.25, 0.3) is 11.0 Å². The average Bonchev–Trinajstić information content (AvgIpc) is 2.78. The Balaban J connectivity index is 2.74. The highest BCUT2D eigenvalue weighted by Crippen LogP contribution is 2.30. The minimum absolute atomic E-state index is 0.294. The summed E-state index contributed by atoms with van der Waals surface area (Å²) in [6.45, 7) is 8.71. The van der Waals surface area contributed by atoms with Crippen molar-refractivity contribution in [1.82, 2.24) is 9.55 Å². The molecule has 1 aromatic heterocycles. The number of carbonyl (C=O) groups is 1. The SMILES string of the molecule is CCCc1nc2c(C(=O)O)cccc2n1C(CC)C(C)C. The number of aromatic carboxylic acids is 1. The molecule has 0 saturated heterocycles. The summed E-state index contributed by atoms with van der Waals surface area (Å²) in [7, 11) is 0. The van der Waals surface area contributed by atoms with Crippen LogP contribution in [0.15, 0.2) is 18.2 Å². The molecule has 4 nitrogen and oxygen atoms in total. The van der Waals surface area contributed by atoms with Crippen LogP contribution in [0.3, 0.4) is 0 Å². The second-order valence-corrected chi connectivity index (χ2v) is 5.85. The highest BCUT2D eigenvalue weighted by Gasteiger charge is 2.22. The summed E-state index contributed by atoms with van der Waals surface area (Å²) in [5.74, 6) is 0.573. The van der Waals surface area contributed by atoms with E-state index in [4.69, 9.17) is 0 Å². The molecule has 21 heavy (non-hydrogen) atoms. The lowest BCUT2D eigenvalue weighted by molar-refractivity contribution is 0.0699. The standard InChI is InChI=1S/C17H24N2O2/c1-5-8-15-18-16-12(17(20)21)9-7-10-14(16)19(15)13(6-2)11(3)4/h7,9-11,13H,5-6,8H2,1-4H3,(H,20,21). The van der Waals surface area contributed by atoms with E-state index in [0.29, 0.717) is 23.0 Å². The maximum Gasteiger partial charge on any atom is 0.337 e. The van der Waals surface area contributed by atoms with E-state index in [1.807, 2.05) is 12.1 Å². The molecule has 0 amide bonds. The number of para-hydroxylation sites is 1. The van der Waals surface area contributed by atoms with Crippen LogP contribution in [0.2, 0.25) is 0 Å². The van der Waals surface area contributed by atoms with Gasteiger partial charge in [0, 0.05) is 12.5 Å². The molecule has 114 valence electrons. The summed E-state index contributed by atoms with van der Waals surface area (Å²) in [6.07, 6.45) is 2.88. The molecule has 0 saturated carbocycles. The number of benzene rings is 1. The van der Waals surface area contributed by atoms with E-state index in [-0.39, 0.29) is 0 Å². The number of fused-ring (bicyclic) bond motifs is 1. The van der Waals surface area contributed by atoms with Crippen molar-refractivity contribution in [3.8, 4) is 0 Å². The Labute approximate surface area is 125 Å². The highest BCUT2D eigenvalue weighted by molar-refractivity contribution is 6.01. The fraction of sp³-hybridized carbons (Fsp3) is 0.529. The smallest absolute Gasteiger partial charge is 0.337 e. The van der Waals surface area contributed by atoms with Crippen molar-refractivity contribution in [2.75, 3.05) is 0 Å². The first kappa shape index (κ1) is 15.5. The maximum atomic E-state index is 11.4. The van der Waals surface area contributed by atoms with Gasteiger partial charge in [0.15, 0.2) is 0 Å². The summed E-state index contributed by atoms with van der Waals surface area (Å²) in [6, 6.07) is 5.78. The summed E-state index contributed by atoms with van der Waals surface area (Å²) in [5.41, 5.74) is 1.86. The monoisotopic (exact) mass is 288 g/mol. The Morgan fingerprint density at radius 3 is 2.57 bits per heavy atom. The second-order valence-electron chi connectivity index (χ2n) is 5.85. The summed E-state index contributed by atoms with van der Waals surface area (Å²) in [4.78, 5) is 16.1. The second kappa shape index (κ2) is 6.29. The van der Waals surface area contributed by atoms with E-state index in [1.165, 1.54) is 0 Å². The van der Waals surface area contributed by atoms with Crippen LogP contribution in [-0.4, -0.2) is 20.6 Å². The van der Waals surface area contributed by atoms with Gasteiger partial charge in [-0.3, -0.25) is 0 Å². The first-order valence-corrected chi connectivity index (χ1v) is 7.74. The first-order valence-electron chi connectivity index (χ1n) is 7.74. The highest BCUT2D eigenvalue weighted by atomic mass is 16.4. The Morgan fingerprint density at radius 1 is 1.33 bits per heavy atom. The number of imidazole rings is 1. The van der Waals surface area contributed by atoms with Crippen molar-refractivity contribution in [3.63, 3.8) is 0 Å². The van der Waals surface area contributed by atoms with Crippen LogP contribution in [0.1, 0.15) is 62.8 Å². The summed E-state index contributed by atoms with van der Waals surface area (Å²) < 4.78 is 2.26. The van der Waals surface area contributed by atoms with Crippen molar-refractivity contribution >= 4 is 17.0 Å². The molecule has 4 heteroatoms. The fourth-order valence-corrected chi connectivity index (χ4v) is 3.06.